The van der Waals surface area contributed by atoms with Crippen LogP contribution in [0.15, 0.2) is 35.2 Å². The van der Waals surface area contributed by atoms with Crippen LogP contribution >= 0.6 is 23.2 Å². The highest BCUT2D eigenvalue weighted by molar-refractivity contribution is 7.90. The second-order valence-corrected chi connectivity index (χ2v) is 7.45. The van der Waals surface area contributed by atoms with Gasteiger partial charge < -0.3 is 9.84 Å². The topological polar surface area (TPSA) is 80.7 Å². The zero-order valence-electron chi connectivity index (χ0n) is 10.8. The fourth-order valence-electron chi connectivity index (χ4n) is 2.19. The van der Waals surface area contributed by atoms with Crippen LogP contribution in [-0.2, 0) is 15.6 Å². The van der Waals surface area contributed by atoms with Crippen LogP contribution in [0, 0.1) is 0 Å². The van der Waals surface area contributed by atoms with Crippen LogP contribution in [-0.4, -0.2) is 19.5 Å². The van der Waals surface area contributed by atoms with Crippen molar-refractivity contribution in [2.24, 2.45) is 0 Å². The number of hydrogen-bond acceptors (Lipinski definition) is 4. The van der Waals surface area contributed by atoms with Crippen LogP contribution < -0.4 is 4.74 Å². The fourth-order valence-corrected chi connectivity index (χ4v) is 4.27. The summed E-state index contributed by atoms with van der Waals surface area (Å²) in [5, 5.41) is 9.20. The first-order chi connectivity index (χ1) is 10.3. The molecule has 0 aromatic heterocycles. The van der Waals surface area contributed by atoms with Gasteiger partial charge in [-0.1, -0.05) is 35.3 Å². The second kappa shape index (κ2) is 5.15. The number of ether oxygens (including phenoxy) is 1. The van der Waals surface area contributed by atoms with E-state index in [4.69, 9.17) is 33.0 Å². The Labute approximate surface area is 136 Å². The van der Waals surface area contributed by atoms with Crippen molar-refractivity contribution in [1.82, 2.24) is 0 Å². The molecule has 3 rings (SSSR count). The normalized spacial score (nSPS) is 15.2. The summed E-state index contributed by atoms with van der Waals surface area (Å²) < 4.78 is 30.6. The summed E-state index contributed by atoms with van der Waals surface area (Å²) in [6.07, 6.45) is 0. The van der Waals surface area contributed by atoms with Crippen LogP contribution in [0.4, 0.5) is 0 Å². The molecule has 1 heterocycles. The molecule has 0 amide bonds. The number of fused-ring (bicyclic) bond motifs is 2. The van der Waals surface area contributed by atoms with Crippen molar-refractivity contribution in [3.63, 3.8) is 0 Å². The highest BCUT2D eigenvalue weighted by Crippen LogP contribution is 2.44. The lowest BCUT2D eigenvalue weighted by atomic mass is 10.2. The minimum Gasteiger partial charge on any atom is -0.478 e. The number of hydrogen-bond donors (Lipinski definition) is 1. The van der Waals surface area contributed by atoms with E-state index < -0.39 is 15.8 Å². The van der Waals surface area contributed by atoms with Gasteiger partial charge in [0.15, 0.2) is 15.6 Å². The molecule has 0 saturated heterocycles. The van der Waals surface area contributed by atoms with E-state index in [-0.39, 0.29) is 37.8 Å². The Balaban J connectivity index is 2.33. The van der Waals surface area contributed by atoms with Gasteiger partial charge >= 0.3 is 5.97 Å². The Morgan fingerprint density at radius 2 is 1.86 bits per heavy atom. The molecule has 1 aliphatic heterocycles. The van der Waals surface area contributed by atoms with Gasteiger partial charge in [-0.25, -0.2) is 13.2 Å². The average molecular weight is 359 g/mol. The maximum atomic E-state index is 12.5. The van der Waals surface area contributed by atoms with Crippen molar-refractivity contribution < 1.29 is 23.1 Å². The Kier molecular flexibility index (Phi) is 3.55. The van der Waals surface area contributed by atoms with E-state index in [1.54, 1.807) is 18.2 Å². The van der Waals surface area contributed by atoms with Crippen LogP contribution in [0.3, 0.4) is 0 Å². The van der Waals surface area contributed by atoms with Gasteiger partial charge in [-0.2, -0.15) is 0 Å². The number of aromatic carboxylic acids is 1. The third kappa shape index (κ3) is 2.43. The average Bonchev–Trinajstić information content (AvgIpc) is 2.54. The molecule has 0 bridgehead atoms. The maximum absolute atomic E-state index is 12.5. The van der Waals surface area contributed by atoms with Gasteiger partial charge in [0, 0.05) is 5.56 Å². The number of carboxylic acids is 1. The molecule has 0 unspecified atom stereocenters. The molecule has 2 aromatic carbocycles. The fraction of sp³-hybridized carbons (Fsp3) is 0.0714. The van der Waals surface area contributed by atoms with Gasteiger partial charge in [-0.15, -0.1) is 0 Å². The molecule has 2 aromatic rings. The van der Waals surface area contributed by atoms with Gasteiger partial charge in [0.25, 0.3) is 0 Å². The molecular formula is C14H8Cl2O5S. The first-order valence-electron chi connectivity index (χ1n) is 6.04. The lowest BCUT2D eigenvalue weighted by Crippen LogP contribution is -2.06. The number of carboxylic acid groups (broad SMARTS) is 1. The smallest absolute Gasteiger partial charge is 0.335 e. The minimum atomic E-state index is -3.82. The van der Waals surface area contributed by atoms with Crippen molar-refractivity contribution >= 4 is 39.0 Å². The molecule has 114 valence electrons. The lowest BCUT2D eigenvalue weighted by molar-refractivity contribution is 0.0696. The van der Waals surface area contributed by atoms with Crippen molar-refractivity contribution in [1.29, 1.82) is 0 Å². The van der Waals surface area contributed by atoms with Crippen molar-refractivity contribution in [3.05, 3.63) is 51.5 Å². The lowest BCUT2D eigenvalue weighted by Gasteiger charge is -2.11. The van der Waals surface area contributed by atoms with E-state index in [0.717, 1.165) is 12.1 Å². The van der Waals surface area contributed by atoms with Crippen LogP contribution in [0.25, 0.3) is 0 Å². The Morgan fingerprint density at radius 1 is 1.14 bits per heavy atom. The van der Waals surface area contributed by atoms with E-state index in [1.165, 1.54) is 0 Å². The maximum Gasteiger partial charge on any atom is 0.335 e. The Hall–Kier alpha value is -1.76. The minimum absolute atomic E-state index is 0.105. The summed E-state index contributed by atoms with van der Waals surface area (Å²) >= 11 is 12.1. The van der Waals surface area contributed by atoms with Crippen LogP contribution in [0.1, 0.15) is 15.9 Å². The van der Waals surface area contributed by atoms with Gasteiger partial charge in [-0.05, 0) is 18.2 Å². The Bertz CT molecular complexity index is 906. The Morgan fingerprint density at radius 3 is 2.55 bits per heavy atom. The molecule has 0 radical (unpaired) electrons. The zero-order valence-corrected chi connectivity index (χ0v) is 13.2. The van der Waals surface area contributed by atoms with E-state index in [0.29, 0.717) is 5.56 Å². The summed E-state index contributed by atoms with van der Waals surface area (Å²) in [4.78, 5) is 10.8. The zero-order chi connectivity index (χ0) is 16.1. The molecule has 0 saturated carbocycles. The number of halogens is 2. The van der Waals surface area contributed by atoms with Crippen molar-refractivity contribution in [3.8, 4) is 11.5 Å². The third-order valence-electron chi connectivity index (χ3n) is 3.19. The summed E-state index contributed by atoms with van der Waals surface area (Å²) in [5.41, 5.74) is 0.157. The van der Waals surface area contributed by atoms with Gasteiger partial charge in [0.05, 0.1) is 21.4 Å². The first-order valence-corrected chi connectivity index (χ1v) is 8.45. The molecule has 0 atom stereocenters. The molecule has 8 heteroatoms. The quantitative estimate of drug-likeness (QED) is 0.838. The molecule has 0 fully saturated rings. The molecule has 22 heavy (non-hydrogen) atoms. The molecular weight excluding hydrogens is 351 g/mol. The third-order valence-corrected chi connectivity index (χ3v) is 5.43. The summed E-state index contributed by atoms with van der Waals surface area (Å²) in [7, 11) is -3.82. The summed E-state index contributed by atoms with van der Waals surface area (Å²) in [5.74, 6) is -1.54. The van der Waals surface area contributed by atoms with Gasteiger partial charge in [-0.3, -0.25) is 0 Å². The van der Waals surface area contributed by atoms with E-state index >= 15 is 0 Å². The standard InChI is InChI=1S/C14H8Cl2O5S/c15-9-3-1-2-7-6-22(19,20)11-5-8(14(17)18)4-10(16)13(11)21-12(7)9/h1-5H,6H2,(H,17,18). The molecule has 0 aliphatic carbocycles. The number of rotatable bonds is 1. The summed E-state index contributed by atoms with van der Waals surface area (Å²) in [6, 6.07) is 6.94. The highest BCUT2D eigenvalue weighted by Gasteiger charge is 2.31. The van der Waals surface area contributed by atoms with E-state index in [2.05, 4.69) is 0 Å². The first kappa shape index (κ1) is 15.1. The monoisotopic (exact) mass is 358 g/mol. The van der Waals surface area contributed by atoms with E-state index in [1.807, 2.05) is 0 Å². The van der Waals surface area contributed by atoms with Gasteiger partial charge in [0.2, 0.25) is 0 Å². The molecule has 1 aliphatic rings. The number of sulfone groups is 1. The van der Waals surface area contributed by atoms with Crippen LogP contribution in [0.5, 0.6) is 11.5 Å². The molecule has 0 spiro atoms. The number of carbonyl (C=O) groups is 1. The highest BCUT2D eigenvalue weighted by atomic mass is 35.5. The van der Waals surface area contributed by atoms with Crippen molar-refractivity contribution in [2.75, 3.05) is 0 Å². The van der Waals surface area contributed by atoms with E-state index in [9.17, 15) is 13.2 Å². The molecule has 5 nitrogen and oxygen atoms in total. The van der Waals surface area contributed by atoms with Crippen molar-refractivity contribution in [2.45, 2.75) is 10.6 Å². The number of benzene rings is 2. The van der Waals surface area contributed by atoms with Gasteiger partial charge in [0.1, 0.15) is 10.6 Å². The largest absolute Gasteiger partial charge is 0.478 e. The molecule has 1 N–H and O–H groups in total. The predicted molar refractivity (Wildman–Crippen MR) is 80.8 cm³/mol. The summed E-state index contributed by atoms with van der Waals surface area (Å²) in [6.45, 7) is 0. The van der Waals surface area contributed by atoms with Crippen LogP contribution in [0.2, 0.25) is 10.0 Å². The second-order valence-electron chi connectivity index (χ2n) is 4.68. The predicted octanol–water partition coefficient (Wildman–Crippen LogP) is 3.77. The number of para-hydroxylation sites is 1. The SMILES string of the molecule is O=C(O)c1cc(Cl)c2c(c1)S(=O)(=O)Cc1cccc(Cl)c1O2.